The Morgan fingerprint density at radius 2 is 2.29 bits per heavy atom. The molecule has 0 fully saturated rings. The topological polar surface area (TPSA) is 63.8 Å². The van der Waals surface area contributed by atoms with E-state index < -0.39 is 0 Å². The highest BCUT2D eigenvalue weighted by molar-refractivity contribution is 9.10. The zero-order valence-electron chi connectivity index (χ0n) is 8.00. The summed E-state index contributed by atoms with van der Waals surface area (Å²) in [6, 6.07) is 1.79. The lowest BCUT2D eigenvalue weighted by molar-refractivity contribution is 1.13. The van der Waals surface area contributed by atoms with Gasteiger partial charge >= 0.3 is 0 Å². The number of hydrogen-bond donors (Lipinski definition) is 2. The average molecular weight is 257 g/mol. The Morgan fingerprint density at radius 1 is 1.50 bits per heavy atom. The zero-order valence-corrected chi connectivity index (χ0v) is 9.58. The molecule has 0 aromatic carbocycles. The van der Waals surface area contributed by atoms with Gasteiger partial charge in [0.1, 0.15) is 10.4 Å². The lowest BCUT2D eigenvalue weighted by Crippen LogP contribution is -2.04. The molecule has 0 saturated heterocycles. The molecule has 0 atom stereocenters. The minimum absolute atomic E-state index is 0.265. The van der Waals surface area contributed by atoms with Crippen LogP contribution in [0.4, 0.5) is 11.8 Å². The molecule has 0 amide bonds. The van der Waals surface area contributed by atoms with Crippen LogP contribution in [0.25, 0.3) is 0 Å². The maximum absolute atomic E-state index is 5.48. The van der Waals surface area contributed by atoms with Crippen LogP contribution in [0.15, 0.2) is 22.8 Å². The maximum Gasteiger partial charge on any atom is 0.223 e. The van der Waals surface area contributed by atoms with E-state index in [0.29, 0.717) is 4.60 Å². The molecule has 0 spiro atoms. The molecular formula is C9H13BrN4. The Bertz CT molecular complexity index is 304. The fourth-order valence-corrected chi connectivity index (χ4v) is 1.34. The highest BCUT2D eigenvalue weighted by atomic mass is 79.9. The Labute approximate surface area is 91.8 Å². The molecule has 1 aromatic rings. The van der Waals surface area contributed by atoms with Crippen LogP contribution < -0.4 is 11.1 Å². The summed E-state index contributed by atoms with van der Waals surface area (Å²) in [6.07, 6.45) is 5.18. The van der Waals surface area contributed by atoms with Crippen molar-refractivity contribution in [3.05, 3.63) is 22.8 Å². The van der Waals surface area contributed by atoms with Gasteiger partial charge in [-0.15, -0.1) is 0 Å². The number of rotatable bonds is 4. The first-order valence-electron chi connectivity index (χ1n) is 4.41. The zero-order chi connectivity index (χ0) is 10.4. The molecule has 0 aliphatic rings. The van der Waals surface area contributed by atoms with Gasteiger partial charge in [0.05, 0.1) is 0 Å². The molecule has 0 saturated carbocycles. The molecule has 3 N–H and O–H groups in total. The lowest BCUT2D eigenvalue weighted by atomic mass is 10.4. The Morgan fingerprint density at radius 3 is 2.93 bits per heavy atom. The molecule has 1 heterocycles. The summed E-state index contributed by atoms with van der Waals surface area (Å²) in [4.78, 5) is 7.93. The normalized spacial score (nSPS) is 10.7. The first-order valence-corrected chi connectivity index (χ1v) is 5.20. The lowest BCUT2D eigenvalue weighted by Gasteiger charge is -2.03. The molecule has 5 heteroatoms. The number of nitrogen functional groups attached to an aromatic ring is 1. The second-order valence-electron chi connectivity index (χ2n) is 2.69. The number of halogens is 1. The van der Waals surface area contributed by atoms with Gasteiger partial charge in [-0.25, -0.2) is 4.98 Å². The van der Waals surface area contributed by atoms with Gasteiger partial charge in [0.2, 0.25) is 5.95 Å². The van der Waals surface area contributed by atoms with Gasteiger partial charge in [-0.2, -0.15) is 4.98 Å². The van der Waals surface area contributed by atoms with E-state index in [-0.39, 0.29) is 5.95 Å². The quantitative estimate of drug-likeness (QED) is 0.641. The van der Waals surface area contributed by atoms with E-state index in [9.17, 15) is 0 Å². The van der Waals surface area contributed by atoms with Crippen molar-refractivity contribution in [3.8, 4) is 0 Å². The summed E-state index contributed by atoms with van der Waals surface area (Å²) in [7, 11) is 0. The number of nitrogens with two attached hydrogens (primary N) is 1. The molecule has 0 unspecified atom stereocenters. The van der Waals surface area contributed by atoms with Crippen molar-refractivity contribution in [3.63, 3.8) is 0 Å². The highest BCUT2D eigenvalue weighted by Gasteiger charge is 1.97. The Kier molecular flexibility index (Phi) is 4.39. The molecular weight excluding hydrogens is 244 g/mol. The molecule has 0 radical (unpaired) electrons. The average Bonchev–Trinajstić information content (AvgIpc) is 2.11. The largest absolute Gasteiger partial charge is 0.368 e. The van der Waals surface area contributed by atoms with E-state index in [1.165, 1.54) is 0 Å². The minimum Gasteiger partial charge on any atom is -0.368 e. The third-order valence-corrected chi connectivity index (χ3v) is 1.92. The summed E-state index contributed by atoms with van der Waals surface area (Å²) < 4.78 is 0.687. The maximum atomic E-state index is 5.48. The number of hydrogen-bond acceptors (Lipinski definition) is 4. The molecule has 0 aliphatic carbocycles. The molecule has 1 aromatic heterocycles. The number of aromatic nitrogens is 2. The van der Waals surface area contributed by atoms with Crippen molar-refractivity contribution < 1.29 is 0 Å². The molecule has 0 bridgehead atoms. The fourth-order valence-electron chi connectivity index (χ4n) is 0.939. The SMILES string of the molecule is CC/C=C/CNc1cc(Br)nc(N)n1. The third-order valence-electron chi connectivity index (χ3n) is 1.52. The standard InChI is InChI=1S/C9H13BrN4/c1-2-3-4-5-12-8-6-7(10)13-9(11)14-8/h3-4,6H,2,5H2,1H3,(H3,11,12,13,14)/b4-3+. The van der Waals surface area contributed by atoms with Crippen molar-refractivity contribution in [2.75, 3.05) is 17.6 Å². The van der Waals surface area contributed by atoms with E-state index in [4.69, 9.17) is 5.73 Å². The summed E-state index contributed by atoms with van der Waals surface area (Å²) in [6.45, 7) is 2.84. The van der Waals surface area contributed by atoms with E-state index in [0.717, 1.165) is 18.8 Å². The smallest absolute Gasteiger partial charge is 0.223 e. The number of nitrogens with one attached hydrogen (secondary N) is 1. The summed E-state index contributed by atoms with van der Waals surface area (Å²) in [5.74, 6) is 0.992. The second kappa shape index (κ2) is 5.59. The van der Waals surface area contributed by atoms with Gasteiger partial charge in [0.25, 0.3) is 0 Å². The van der Waals surface area contributed by atoms with E-state index in [2.05, 4.69) is 44.2 Å². The Balaban J connectivity index is 2.54. The van der Waals surface area contributed by atoms with Crippen molar-refractivity contribution in [2.24, 2.45) is 0 Å². The predicted octanol–water partition coefficient (Wildman–Crippen LogP) is 2.20. The molecule has 76 valence electrons. The van der Waals surface area contributed by atoms with Crippen LogP contribution >= 0.6 is 15.9 Å². The van der Waals surface area contributed by atoms with Crippen LogP contribution in [0.1, 0.15) is 13.3 Å². The molecule has 1 rings (SSSR count). The highest BCUT2D eigenvalue weighted by Crippen LogP contribution is 2.12. The second-order valence-corrected chi connectivity index (χ2v) is 3.51. The predicted molar refractivity (Wildman–Crippen MR) is 62.1 cm³/mol. The van der Waals surface area contributed by atoms with Crippen LogP contribution in [0.2, 0.25) is 0 Å². The van der Waals surface area contributed by atoms with E-state index in [1.54, 1.807) is 6.07 Å². The van der Waals surface area contributed by atoms with Gasteiger partial charge in [0.15, 0.2) is 0 Å². The monoisotopic (exact) mass is 256 g/mol. The number of allylic oxidation sites excluding steroid dienone is 1. The summed E-state index contributed by atoms with van der Waals surface area (Å²) in [5.41, 5.74) is 5.48. The van der Waals surface area contributed by atoms with Crippen LogP contribution in [-0.4, -0.2) is 16.5 Å². The van der Waals surface area contributed by atoms with Gasteiger partial charge in [-0.1, -0.05) is 19.1 Å². The number of anilines is 2. The van der Waals surface area contributed by atoms with Gasteiger partial charge in [-0.05, 0) is 22.4 Å². The Hall–Kier alpha value is -1.10. The minimum atomic E-state index is 0.265. The first kappa shape index (κ1) is 11.0. The van der Waals surface area contributed by atoms with Crippen molar-refractivity contribution in [1.29, 1.82) is 0 Å². The summed E-state index contributed by atoms with van der Waals surface area (Å²) in [5, 5.41) is 3.11. The van der Waals surface area contributed by atoms with Gasteiger partial charge < -0.3 is 11.1 Å². The van der Waals surface area contributed by atoms with Crippen LogP contribution in [0.3, 0.4) is 0 Å². The van der Waals surface area contributed by atoms with Gasteiger partial charge in [0, 0.05) is 12.6 Å². The molecule has 14 heavy (non-hydrogen) atoms. The third kappa shape index (κ3) is 3.74. The fraction of sp³-hybridized carbons (Fsp3) is 0.333. The van der Waals surface area contributed by atoms with Crippen LogP contribution in [0.5, 0.6) is 0 Å². The first-order chi connectivity index (χ1) is 6.72. The number of nitrogens with zero attached hydrogens (tertiary/aromatic N) is 2. The van der Waals surface area contributed by atoms with E-state index >= 15 is 0 Å². The molecule has 4 nitrogen and oxygen atoms in total. The van der Waals surface area contributed by atoms with Crippen molar-refractivity contribution in [2.45, 2.75) is 13.3 Å². The van der Waals surface area contributed by atoms with E-state index in [1.807, 2.05) is 6.08 Å². The van der Waals surface area contributed by atoms with Gasteiger partial charge in [-0.3, -0.25) is 0 Å². The van der Waals surface area contributed by atoms with Crippen molar-refractivity contribution >= 4 is 27.7 Å². The van der Waals surface area contributed by atoms with Crippen LogP contribution in [-0.2, 0) is 0 Å². The van der Waals surface area contributed by atoms with Crippen molar-refractivity contribution in [1.82, 2.24) is 9.97 Å². The molecule has 0 aliphatic heterocycles. The summed E-state index contributed by atoms with van der Waals surface area (Å²) >= 11 is 3.25. The van der Waals surface area contributed by atoms with Crippen LogP contribution in [0, 0.1) is 0 Å².